The molecule has 1 unspecified atom stereocenters. The van der Waals surface area contributed by atoms with E-state index in [1.165, 1.54) is 12.1 Å². The topological polar surface area (TPSA) is 68.3 Å². The Morgan fingerprint density at radius 3 is 2.19 bits per heavy atom. The Balaban J connectivity index is 2.37. The molecule has 0 saturated carbocycles. The summed E-state index contributed by atoms with van der Waals surface area (Å²) < 4.78 is 76.3. The minimum Gasteiger partial charge on any atom is -0.229 e. The molecule has 2 aromatic carbocycles. The Hall–Kier alpha value is -1.80. The van der Waals surface area contributed by atoms with E-state index < -0.39 is 36.6 Å². The lowest BCUT2D eigenvalue weighted by molar-refractivity contribution is 0.543. The summed E-state index contributed by atoms with van der Waals surface area (Å²) in [4.78, 5) is 0.0109. The van der Waals surface area contributed by atoms with E-state index in [4.69, 9.17) is 0 Å². The Morgan fingerprint density at radius 1 is 0.923 bits per heavy atom. The van der Waals surface area contributed by atoms with Crippen LogP contribution in [0.3, 0.4) is 0 Å². The molecule has 0 fully saturated rings. The normalized spacial score (nSPS) is 13.5. The third-order valence-electron chi connectivity index (χ3n) is 3.98. The van der Waals surface area contributed by atoms with Gasteiger partial charge in [-0.25, -0.2) is 25.6 Å². The Bertz CT molecular complexity index is 956. The zero-order valence-corrected chi connectivity index (χ0v) is 15.9. The molecule has 8 heteroatoms. The summed E-state index contributed by atoms with van der Waals surface area (Å²) in [6.07, 6.45) is 1.58. The molecular formula is C18H20F2O4S2. The van der Waals surface area contributed by atoms with Crippen molar-refractivity contribution in [1.82, 2.24) is 0 Å². The summed E-state index contributed by atoms with van der Waals surface area (Å²) in [7, 11) is -7.14. The van der Waals surface area contributed by atoms with E-state index in [0.29, 0.717) is 0 Å². The van der Waals surface area contributed by atoms with Crippen molar-refractivity contribution in [3.8, 4) is 0 Å². The number of benzene rings is 2. The van der Waals surface area contributed by atoms with Gasteiger partial charge in [0.2, 0.25) is 0 Å². The van der Waals surface area contributed by atoms with Crippen molar-refractivity contribution in [3.63, 3.8) is 0 Å². The van der Waals surface area contributed by atoms with Crippen LogP contribution in [0, 0.1) is 11.6 Å². The van der Waals surface area contributed by atoms with E-state index >= 15 is 0 Å². The van der Waals surface area contributed by atoms with Gasteiger partial charge in [-0.3, -0.25) is 0 Å². The Morgan fingerprint density at radius 2 is 1.58 bits per heavy atom. The molecule has 0 aliphatic heterocycles. The van der Waals surface area contributed by atoms with Gasteiger partial charge in [0.1, 0.15) is 21.5 Å². The van der Waals surface area contributed by atoms with Gasteiger partial charge < -0.3 is 0 Å². The first kappa shape index (κ1) is 20.5. The van der Waals surface area contributed by atoms with Crippen LogP contribution in [-0.2, 0) is 19.7 Å². The second-order valence-corrected chi connectivity index (χ2v) is 10.5. The molecule has 0 amide bonds. The fourth-order valence-corrected chi connectivity index (χ4v) is 5.29. The molecule has 4 nitrogen and oxygen atoms in total. The lowest BCUT2D eigenvalue weighted by Gasteiger charge is -2.19. The van der Waals surface area contributed by atoms with Crippen LogP contribution in [-0.4, -0.2) is 28.8 Å². The van der Waals surface area contributed by atoms with Crippen LogP contribution < -0.4 is 0 Å². The van der Waals surface area contributed by atoms with Gasteiger partial charge >= 0.3 is 0 Å². The first-order valence-electron chi connectivity index (χ1n) is 8.03. The van der Waals surface area contributed by atoms with Crippen molar-refractivity contribution in [3.05, 3.63) is 65.7 Å². The molecule has 0 aromatic heterocycles. The maximum Gasteiger partial charge on any atom is 0.185 e. The van der Waals surface area contributed by atoms with Gasteiger partial charge in [0.15, 0.2) is 9.84 Å². The predicted molar refractivity (Wildman–Crippen MR) is 96.3 cm³/mol. The van der Waals surface area contributed by atoms with Crippen molar-refractivity contribution < 1.29 is 25.6 Å². The summed E-state index contributed by atoms with van der Waals surface area (Å²) in [5, 5.41) is -1.29. The molecule has 0 spiro atoms. The van der Waals surface area contributed by atoms with E-state index in [1.807, 2.05) is 0 Å². The van der Waals surface area contributed by atoms with E-state index in [1.54, 1.807) is 18.2 Å². The van der Waals surface area contributed by atoms with Gasteiger partial charge in [0, 0.05) is 17.6 Å². The highest BCUT2D eigenvalue weighted by Crippen LogP contribution is 2.35. The largest absolute Gasteiger partial charge is 0.229 e. The quantitative estimate of drug-likeness (QED) is 0.632. The average Bonchev–Trinajstić information content (AvgIpc) is 2.57. The molecule has 0 aliphatic rings. The van der Waals surface area contributed by atoms with Crippen LogP contribution in [0.5, 0.6) is 0 Å². The standard InChI is InChI=1S/C18H20F2O4S2/c1-25(21,22)12-6-5-9-18(16-13-14(19)10-11-17(16)20)26(23,24)15-7-3-2-4-8-15/h2-4,7-8,10-11,13,18H,5-6,9,12H2,1H3. The third kappa shape index (κ3) is 5.35. The number of hydrogen-bond donors (Lipinski definition) is 0. The number of sulfone groups is 2. The first-order chi connectivity index (χ1) is 12.1. The summed E-state index contributed by atoms with van der Waals surface area (Å²) in [5.41, 5.74) is -0.242. The van der Waals surface area contributed by atoms with Crippen molar-refractivity contribution in [2.24, 2.45) is 0 Å². The molecule has 2 aromatic rings. The summed E-state index contributed by atoms with van der Waals surface area (Å²) in [6, 6.07) is 10.3. The van der Waals surface area contributed by atoms with Gasteiger partial charge in [-0.15, -0.1) is 0 Å². The lowest BCUT2D eigenvalue weighted by Crippen LogP contribution is -2.16. The van der Waals surface area contributed by atoms with E-state index in [0.717, 1.165) is 24.5 Å². The second-order valence-electron chi connectivity index (χ2n) is 6.14. The summed E-state index contributed by atoms with van der Waals surface area (Å²) in [6.45, 7) is 0. The average molecular weight is 402 g/mol. The van der Waals surface area contributed by atoms with E-state index in [2.05, 4.69) is 0 Å². The number of rotatable bonds is 8. The Labute approximate surface area is 152 Å². The number of unbranched alkanes of at least 4 members (excludes halogenated alkanes) is 1. The highest BCUT2D eigenvalue weighted by molar-refractivity contribution is 7.91. The van der Waals surface area contributed by atoms with Crippen molar-refractivity contribution in [2.45, 2.75) is 29.4 Å². The molecule has 0 radical (unpaired) electrons. The maximum atomic E-state index is 14.2. The van der Waals surface area contributed by atoms with Gasteiger partial charge in [0.05, 0.1) is 10.1 Å². The molecule has 142 valence electrons. The van der Waals surface area contributed by atoms with Gasteiger partial charge in [0.25, 0.3) is 0 Å². The van der Waals surface area contributed by atoms with Crippen LogP contribution >= 0.6 is 0 Å². The van der Waals surface area contributed by atoms with Crippen LogP contribution in [0.25, 0.3) is 0 Å². The maximum absolute atomic E-state index is 14.2. The predicted octanol–water partition coefficient (Wildman–Crippen LogP) is 3.69. The van der Waals surface area contributed by atoms with Crippen molar-refractivity contribution >= 4 is 19.7 Å². The molecule has 1 atom stereocenters. The second kappa shape index (κ2) is 8.26. The van der Waals surface area contributed by atoms with Crippen LogP contribution in [0.15, 0.2) is 53.4 Å². The van der Waals surface area contributed by atoms with Gasteiger partial charge in [-0.1, -0.05) is 24.6 Å². The van der Waals surface area contributed by atoms with E-state index in [-0.39, 0.29) is 35.5 Å². The molecule has 0 N–H and O–H groups in total. The molecule has 26 heavy (non-hydrogen) atoms. The monoisotopic (exact) mass is 402 g/mol. The SMILES string of the molecule is CS(=O)(=O)CCCCC(c1cc(F)ccc1F)S(=O)(=O)c1ccccc1. The Kier molecular flexibility index (Phi) is 6.52. The minimum atomic E-state index is -3.97. The minimum absolute atomic E-state index is 0.00682. The van der Waals surface area contributed by atoms with Gasteiger partial charge in [-0.05, 0) is 43.2 Å². The molecule has 2 rings (SSSR count). The first-order valence-corrected chi connectivity index (χ1v) is 11.6. The van der Waals surface area contributed by atoms with Crippen LogP contribution in [0.1, 0.15) is 30.1 Å². The smallest absolute Gasteiger partial charge is 0.185 e. The summed E-state index contributed by atoms with van der Waals surface area (Å²) >= 11 is 0. The van der Waals surface area contributed by atoms with E-state index in [9.17, 15) is 25.6 Å². The van der Waals surface area contributed by atoms with Crippen LogP contribution in [0.2, 0.25) is 0 Å². The summed E-state index contributed by atoms with van der Waals surface area (Å²) in [5.74, 6) is -1.62. The van der Waals surface area contributed by atoms with Gasteiger partial charge in [-0.2, -0.15) is 0 Å². The zero-order valence-electron chi connectivity index (χ0n) is 14.2. The lowest BCUT2D eigenvalue weighted by atomic mass is 10.1. The molecular weight excluding hydrogens is 382 g/mol. The van der Waals surface area contributed by atoms with Crippen LogP contribution in [0.4, 0.5) is 8.78 Å². The highest BCUT2D eigenvalue weighted by atomic mass is 32.2. The number of hydrogen-bond acceptors (Lipinski definition) is 4. The third-order valence-corrected chi connectivity index (χ3v) is 7.18. The highest BCUT2D eigenvalue weighted by Gasteiger charge is 2.31. The molecule has 0 heterocycles. The number of halogens is 2. The zero-order chi connectivity index (χ0) is 19.4. The molecule has 0 saturated heterocycles. The van der Waals surface area contributed by atoms with Crippen molar-refractivity contribution in [2.75, 3.05) is 12.0 Å². The molecule has 0 aliphatic carbocycles. The molecule has 0 bridgehead atoms. The van der Waals surface area contributed by atoms with Crippen molar-refractivity contribution in [1.29, 1.82) is 0 Å². The fraction of sp³-hybridized carbons (Fsp3) is 0.333. The fourth-order valence-electron chi connectivity index (χ4n) is 2.71.